The fourth-order valence-corrected chi connectivity index (χ4v) is 0.589. The summed E-state index contributed by atoms with van der Waals surface area (Å²) in [6.07, 6.45) is 1.21. The van der Waals surface area contributed by atoms with Crippen molar-refractivity contribution in [3.63, 3.8) is 0 Å². The third-order valence-corrected chi connectivity index (χ3v) is 1.31. The molecule has 2 heteroatoms. The maximum atomic E-state index is 4.99. The van der Waals surface area contributed by atoms with Crippen LogP contribution in [0.2, 0.25) is 0 Å². The predicted molar refractivity (Wildman–Crippen MR) is 35.3 cm³/mol. The Bertz CT molecular complexity index is 37.1. The summed E-state index contributed by atoms with van der Waals surface area (Å²) >= 11 is 0. The van der Waals surface area contributed by atoms with Crippen molar-refractivity contribution in [2.45, 2.75) is 20.3 Å². The Labute approximate surface area is 48.6 Å². The van der Waals surface area contributed by atoms with Gasteiger partial charge in [-0.2, -0.15) is 0 Å². The van der Waals surface area contributed by atoms with Crippen LogP contribution in [0.5, 0.6) is 0 Å². The molecule has 1 nitrogen and oxygen atoms in total. The van der Waals surface area contributed by atoms with E-state index in [1.165, 1.54) is 6.42 Å². The molecule has 0 N–H and O–H groups in total. The Morgan fingerprint density at radius 1 is 1.57 bits per heavy atom. The summed E-state index contributed by atoms with van der Waals surface area (Å²) in [5.41, 5.74) is 0. The van der Waals surface area contributed by atoms with Crippen molar-refractivity contribution in [1.29, 1.82) is 0 Å². The Morgan fingerprint density at radius 3 is 2.29 bits per heavy atom. The lowest BCUT2D eigenvalue weighted by atomic mass is 10.2. The highest BCUT2D eigenvalue weighted by molar-refractivity contribution is 5.97. The van der Waals surface area contributed by atoms with Gasteiger partial charge in [-0.05, 0) is 12.3 Å². The van der Waals surface area contributed by atoms with Gasteiger partial charge >= 0.3 is 0 Å². The first-order chi connectivity index (χ1) is 3.27. The van der Waals surface area contributed by atoms with Crippen LogP contribution in [0.1, 0.15) is 20.3 Å². The van der Waals surface area contributed by atoms with Gasteiger partial charge in [-0.3, -0.25) is 0 Å². The van der Waals surface area contributed by atoms with Crippen LogP contribution in [-0.2, 0) is 4.43 Å². The van der Waals surface area contributed by atoms with Crippen molar-refractivity contribution in [2.75, 3.05) is 6.61 Å². The van der Waals surface area contributed by atoms with E-state index < -0.39 is 0 Å². The molecule has 44 valence electrons. The lowest BCUT2D eigenvalue weighted by Crippen LogP contribution is -1.94. The molecule has 0 bridgehead atoms. The highest BCUT2D eigenvalue weighted by Gasteiger charge is 1.88. The van der Waals surface area contributed by atoms with Crippen LogP contribution in [-0.4, -0.2) is 17.1 Å². The molecule has 0 radical (unpaired) electrons. The fourth-order valence-electron chi connectivity index (χ4n) is 0.354. The lowest BCUT2D eigenvalue weighted by molar-refractivity contribution is 0.315. The van der Waals surface area contributed by atoms with Crippen LogP contribution < -0.4 is 0 Å². The quantitative estimate of drug-likeness (QED) is 0.485. The second kappa shape index (κ2) is 4.34. The van der Waals surface area contributed by atoms with Crippen molar-refractivity contribution in [3.05, 3.63) is 0 Å². The van der Waals surface area contributed by atoms with E-state index in [2.05, 4.69) is 13.8 Å². The van der Waals surface area contributed by atoms with Crippen molar-refractivity contribution in [1.82, 2.24) is 0 Å². The first-order valence-corrected chi connectivity index (χ1v) is 3.58. The normalized spacial score (nSPS) is 10.7. The molecular weight excluding hydrogens is 104 g/mol. The van der Waals surface area contributed by atoms with Gasteiger partial charge in [-0.25, -0.2) is 0 Å². The van der Waals surface area contributed by atoms with E-state index in [4.69, 9.17) is 4.43 Å². The summed E-state index contributed by atoms with van der Waals surface area (Å²) in [7, 11) is 0.894. The predicted octanol–water partition coefficient (Wildman–Crippen LogP) is 0.329. The van der Waals surface area contributed by atoms with Crippen LogP contribution in [0.25, 0.3) is 0 Å². The van der Waals surface area contributed by atoms with Crippen molar-refractivity contribution in [3.8, 4) is 0 Å². The molecule has 0 aliphatic carbocycles. The molecule has 0 aromatic heterocycles. The minimum Gasteiger partial charge on any atom is -0.428 e. The van der Waals surface area contributed by atoms with Crippen LogP contribution in [0.4, 0.5) is 0 Å². The van der Waals surface area contributed by atoms with Gasteiger partial charge in [0.1, 0.15) is 10.5 Å². The van der Waals surface area contributed by atoms with Gasteiger partial charge in [0, 0.05) is 6.61 Å². The van der Waals surface area contributed by atoms with Gasteiger partial charge < -0.3 is 4.43 Å². The molecule has 0 aliphatic rings. The molecule has 0 aliphatic heterocycles. The van der Waals surface area contributed by atoms with Crippen LogP contribution in [0, 0.1) is 5.92 Å². The Kier molecular flexibility index (Phi) is 4.45. The van der Waals surface area contributed by atoms with Crippen molar-refractivity contribution >= 4 is 10.5 Å². The first-order valence-electron chi connectivity index (χ1n) is 2.76. The first kappa shape index (κ1) is 7.18. The molecule has 0 saturated carbocycles. The largest absolute Gasteiger partial charge is 0.428 e. The summed E-state index contributed by atoms with van der Waals surface area (Å²) < 4.78 is 4.99. The van der Waals surface area contributed by atoms with Crippen molar-refractivity contribution < 1.29 is 4.43 Å². The molecule has 0 heterocycles. The Balaban J connectivity index is 2.68. The van der Waals surface area contributed by atoms with E-state index in [9.17, 15) is 0 Å². The smallest absolute Gasteiger partial charge is 0.145 e. The third-order valence-electron chi connectivity index (χ3n) is 0.899. The standard InChI is InChI=1S/C5H14OSi/c1-5(2)3-4-6-7/h5H,3-4H2,1-2,7H3. The molecule has 0 fully saturated rings. The highest BCUT2D eigenvalue weighted by atomic mass is 28.2. The molecule has 0 amide bonds. The second-order valence-corrected chi connectivity index (χ2v) is 2.75. The van der Waals surface area contributed by atoms with Gasteiger partial charge in [0.25, 0.3) is 0 Å². The van der Waals surface area contributed by atoms with E-state index in [-0.39, 0.29) is 0 Å². The maximum absolute atomic E-state index is 4.99. The summed E-state index contributed by atoms with van der Waals surface area (Å²) in [4.78, 5) is 0. The number of rotatable bonds is 3. The molecule has 0 spiro atoms. The summed E-state index contributed by atoms with van der Waals surface area (Å²) in [6, 6.07) is 0. The average Bonchev–Trinajstić information content (AvgIpc) is 1.61. The van der Waals surface area contributed by atoms with Gasteiger partial charge in [-0.1, -0.05) is 13.8 Å². The minimum absolute atomic E-state index is 0.800. The monoisotopic (exact) mass is 118 g/mol. The van der Waals surface area contributed by atoms with Gasteiger partial charge in [0.2, 0.25) is 0 Å². The molecule has 0 aromatic carbocycles. The SMILES string of the molecule is CC(C)CCO[SiH3]. The lowest BCUT2D eigenvalue weighted by Gasteiger charge is -2.00. The van der Waals surface area contributed by atoms with Gasteiger partial charge in [0.15, 0.2) is 0 Å². The molecule has 0 saturated heterocycles. The minimum atomic E-state index is 0.800. The Hall–Kier alpha value is 0.177. The van der Waals surface area contributed by atoms with E-state index in [1.54, 1.807) is 0 Å². The molecular formula is C5H14OSi. The van der Waals surface area contributed by atoms with Crippen LogP contribution in [0.15, 0.2) is 0 Å². The van der Waals surface area contributed by atoms with Crippen LogP contribution in [0.3, 0.4) is 0 Å². The summed E-state index contributed by atoms with van der Waals surface area (Å²) in [5.74, 6) is 0.800. The topological polar surface area (TPSA) is 9.23 Å². The molecule has 0 unspecified atom stereocenters. The number of hydrogen-bond acceptors (Lipinski definition) is 1. The van der Waals surface area contributed by atoms with E-state index in [1.807, 2.05) is 0 Å². The summed E-state index contributed by atoms with van der Waals surface area (Å²) in [6.45, 7) is 5.38. The zero-order chi connectivity index (χ0) is 5.70. The highest BCUT2D eigenvalue weighted by Crippen LogP contribution is 1.96. The zero-order valence-electron chi connectivity index (χ0n) is 5.40. The Morgan fingerprint density at radius 2 is 2.14 bits per heavy atom. The maximum Gasteiger partial charge on any atom is 0.145 e. The van der Waals surface area contributed by atoms with Crippen molar-refractivity contribution in [2.24, 2.45) is 5.92 Å². The van der Waals surface area contributed by atoms with E-state index >= 15 is 0 Å². The summed E-state index contributed by atoms with van der Waals surface area (Å²) in [5, 5.41) is 0. The van der Waals surface area contributed by atoms with Crippen LogP contribution >= 0.6 is 0 Å². The van der Waals surface area contributed by atoms with E-state index in [0.29, 0.717) is 0 Å². The second-order valence-electron chi connectivity index (χ2n) is 2.18. The van der Waals surface area contributed by atoms with E-state index in [0.717, 1.165) is 23.0 Å². The molecule has 7 heavy (non-hydrogen) atoms. The zero-order valence-corrected chi connectivity index (χ0v) is 7.40. The molecule has 0 atom stereocenters. The average molecular weight is 118 g/mol. The fraction of sp³-hybridized carbons (Fsp3) is 1.00. The molecule has 0 aromatic rings. The van der Waals surface area contributed by atoms with Gasteiger partial charge in [-0.15, -0.1) is 0 Å². The third kappa shape index (κ3) is 6.18. The number of hydrogen-bond donors (Lipinski definition) is 0. The molecule has 0 rings (SSSR count). The van der Waals surface area contributed by atoms with Gasteiger partial charge in [0.05, 0.1) is 0 Å².